The number of aryl methyl sites for hydroxylation is 1. The highest BCUT2D eigenvalue weighted by Gasteiger charge is 2.15. The molecule has 0 bridgehead atoms. The molecular weight excluding hydrogens is 328 g/mol. The molecule has 1 aromatic heterocycles. The molecule has 2 amide bonds. The van der Waals surface area contributed by atoms with Crippen molar-refractivity contribution in [3.8, 4) is 0 Å². The number of fused-ring (bicyclic) bond motifs is 1. The van der Waals surface area contributed by atoms with Gasteiger partial charge in [0.25, 0.3) is 0 Å². The molecule has 5 nitrogen and oxygen atoms in total. The van der Waals surface area contributed by atoms with Crippen LogP contribution in [-0.2, 0) is 16.0 Å². The molecule has 26 heavy (non-hydrogen) atoms. The number of hydrogen-bond donors (Lipinski definition) is 2. The Bertz CT molecular complexity index is 686. The first-order chi connectivity index (χ1) is 12.5. The number of para-hydroxylation sites is 1. The lowest BCUT2D eigenvalue weighted by Crippen LogP contribution is -2.37. The van der Waals surface area contributed by atoms with E-state index in [1.807, 2.05) is 51.1 Å². The molecule has 0 aliphatic heterocycles. The zero-order valence-electron chi connectivity index (χ0n) is 16.0. The van der Waals surface area contributed by atoms with Crippen LogP contribution in [0.5, 0.6) is 0 Å². The van der Waals surface area contributed by atoms with Crippen LogP contribution in [0.25, 0.3) is 11.0 Å². The Labute approximate surface area is 155 Å². The van der Waals surface area contributed by atoms with E-state index in [1.165, 1.54) is 0 Å². The fourth-order valence-corrected chi connectivity index (χ4v) is 2.92. The van der Waals surface area contributed by atoms with Crippen LogP contribution in [0.2, 0.25) is 0 Å². The molecule has 0 saturated heterocycles. The van der Waals surface area contributed by atoms with Gasteiger partial charge in [0.15, 0.2) is 0 Å². The van der Waals surface area contributed by atoms with Crippen LogP contribution in [0.1, 0.15) is 45.8 Å². The Morgan fingerprint density at radius 1 is 1.08 bits per heavy atom. The van der Waals surface area contributed by atoms with Crippen LogP contribution in [-0.4, -0.2) is 24.9 Å². The molecule has 0 saturated carbocycles. The Kier molecular flexibility index (Phi) is 7.70. The third kappa shape index (κ3) is 5.90. The predicted octanol–water partition coefficient (Wildman–Crippen LogP) is 3.67. The van der Waals surface area contributed by atoms with Gasteiger partial charge in [-0.25, -0.2) is 0 Å². The van der Waals surface area contributed by atoms with Crippen molar-refractivity contribution in [1.29, 1.82) is 0 Å². The van der Waals surface area contributed by atoms with Crippen molar-refractivity contribution in [3.63, 3.8) is 0 Å². The van der Waals surface area contributed by atoms with Gasteiger partial charge in [0, 0.05) is 37.2 Å². The quantitative estimate of drug-likeness (QED) is 0.681. The zero-order chi connectivity index (χ0) is 18.9. The number of furan rings is 1. The van der Waals surface area contributed by atoms with E-state index in [0.29, 0.717) is 25.9 Å². The average Bonchev–Trinajstić information content (AvgIpc) is 3.07. The minimum absolute atomic E-state index is 0.00336. The molecule has 1 atom stereocenters. The van der Waals surface area contributed by atoms with E-state index in [4.69, 9.17) is 4.42 Å². The van der Waals surface area contributed by atoms with Crippen LogP contribution >= 0.6 is 0 Å². The Morgan fingerprint density at radius 2 is 1.77 bits per heavy atom. The molecule has 0 fully saturated rings. The fraction of sp³-hybridized carbons (Fsp3) is 0.524. The summed E-state index contributed by atoms with van der Waals surface area (Å²) in [5, 5.41) is 6.97. The minimum atomic E-state index is 0.00336. The summed E-state index contributed by atoms with van der Waals surface area (Å²) in [5.74, 6) is 1.22. The molecule has 1 aromatic carbocycles. The molecule has 1 heterocycles. The maximum absolute atomic E-state index is 12.0. The summed E-state index contributed by atoms with van der Waals surface area (Å²) in [6.45, 7) is 7.22. The highest BCUT2D eigenvalue weighted by Crippen LogP contribution is 2.19. The first kappa shape index (κ1) is 20.0. The summed E-state index contributed by atoms with van der Waals surface area (Å²) in [7, 11) is 0. The second kappa shape index (κ2) is 10.00. The van der Waals surface area contributed by atoms with E-state index in [2.05, 4.69) is 10.6 Å². The maximum atomic E-state index is 12.0. The van der Waals surface area contributed by atoms with E-state index in [-0.39, 0.29) is 23.7 Å². The van der Waals surface area contributed by atoms with Crippen LogP contribution in [0, 0.1) is 11.8 Å². The van der Waals surface area contributed by atoms with Gasteiger partial charge in [-0.15, -0.1) is 0 Å². The van der Waals surface area contributed by atoms with E-state index in [0.717, 1.165) is 29.6 Å². The lowest BCUT2D eigenvalue weighted by atomic mass is 10.0. The van der Waals surface area contributed by atoms with Crippen LogP contribution in [0.4, 0.5) is 0 Å². The fourth-order valence-electron chi connectivity index (χ4n) is 2.92. The molecule has 0 aliphatic carbocycles. The van der Waals surface area contributed by atoms with Crippen LogP contribution in [0.15, 0.2) is 34.7 Å². The van der Waals surface area contributed by atoms with Gasteiger partial charge in [-0.1, -0.05) is 39.0 Å². The molecule has 1 unspecified atom stereocenters. The highest BCUT2D eigenvalue weighted by molar-refractivity contribution is 5.79. The van der Waals surface area contributed by atoms with Crippen molar-refractivity contribution < 1.29 is 14.0 Å². The van der Waals surface area contributed by atoms with Gasteiger partial charge in [0.05, 0.1) is 0 Å². The van der Waals surface area contributed by atoms with Crippen molar-refractivity contribution in [1.82, 2.24) is 10.6 Å². The summed E-state index contributed by atoms with van der Waals surface area (Å²) in [6.07, 6.45) is 2.69. The van der Waals surface area contributed by atoms with Crippen LogP contribution in [0.3, 0.4) is 0 Å². The van der Waals surface area contributed by atoms with Crippen molar-refractivity contribution in [3.05, 3.63) is 36.1 Å². The van der Waals surface area contributed by atoms with Crippen molar-refractivity contribution >= 4 is 22.8 Å². The van der Waals surface area contributed by atoms with Crippen molar-refractivity contribution in [2.45, 2.75) is 46.5 Å². The molecular formula is C21H30N2O3. The first-order valence-electron chi connectivity index (χ1n) is 9.55. The molecule has 2 aromatic rings. The Morgan fingerprint density at radius 3 is 2.46 bits per heavy atom. The predicted molar refractivity (Wildman–Crippen MR) is 104 cm³/mol. The molecule has 0 aliphatic rings. The van der Waals surface area contributed by atoms with Crippen LogP contribution < -0.4 is 10.6 Å². The van der Waals surface area contributed by atoms with Gasteiger partial charge in [-0.2, -0.15) is 0 Å². The molecule has 0 radical (unpaired) electrons. The van der Waals surface area contributed by atoms with Gasteiger partial charge < -0.3 is 15.1 Å². The standard InChI is InChI=1S/C21H30N2O3/c1-4-16(5-2)21(25)23-14-15(3)13-22-20(24)11-10-18-12-17-8-6-7-9-19(17)26-18/h6-9,12,15-16H,4-5,10-11,13-14H2,1-3H3,(H,22,24)(H,23,25). The lowest BCUT2D eigenvalue weighted by molar-refractivity contribution is -0.125. The van der Waals surface area contributed by atoms with E-state index >= 15 is 0 Å². The molecule has 2 N–H and O–H groups in total. The van der Waals surface area contributed by atoms with Crippen molar-refractivity contribution in [2.24, 2.45) is 11.8 Å². The summed E-state index contributed by atoms with van der Waals surface area (Å²) in [6, 6.07) is 9.82. The first-order valence-corrected chi connectivity index (χ1v) is 9.55. The van der Waals surface area contributed by atoms with Crippen molar-refractivity contribution in [2.75, 3.05) is 13.1 Å². The second-order valence-electron chi connectivity index (χ2n) is 6.92. The zero-order valence-corrected chi connectivity index (χ0v) is 16.0. The van der Waals surface area contributed by atoms with E-state index in [1.54, 1.807) is 0 Å². The Hall–Kier alpha value is -2.30. The van der Waals surface area contributed by atoms with Gasteiger partial charge in [0.2, 0.25) is 11.8 Å². The average molecular weight is 358 g/mol. The summed E-state index contributed by atoms with van der Waals surface area (Å²) in [4.78, 5) is 24.0. The van der Waals surface area contributed by atoms with Gasteiger partial charge >= 0.3 is 0 Å². The number of amides is 2. The van der Waals surface area contributed by atoms with E-state index < -0.39 is 0 Å². The topological polar surface area (TPSA) is 71.3 Å². The number of carbonyl (C=O) groups excluding carboxylic acids is 2. The lowest BCUT2D eigenvalue weighted by Gasteiger charge is -2.17. The number of hydrogen-bond acceptors (Lipinski definition) is 3. The molecule has 142 valence electrons. The monoisotopic (exact) mass is 358 g/mol. The summed E-state index contributed by atoms with van der Waals surface area (Å²) >= 11 is 0. The molecule has 5 heteroatoms. The smallest absolute Gasteiger partial charge is 0.223 e. The van der Waals surface area contributed by atoms with Gasteiger partial charge in [-0.3, -0.25) is 9.59 Å². The van der Waals surface area contributed by atoms with E-state index in [9.17, 15) is 9.59 Å². The summed E-state index contributed by atoms with van der Waals surface area (Å²) < 4.78 is 5.73. The number of rotatable bonds is 10. The second-order valence-corrected chi connectivity index (χ2v) is 6.92. The highest BCUT2D eigenvalue weighted by atomic mass is 16.3. The summed E-state index contributed by atoms with van der Waals surface area (Å²) in [5.41, 5.74) is 0.852. The molecule has 0 spiro atoms. The number of nitrogens with one attached hydrogen (secondary N) is 2. The number of benzene rings is 1. The Balaban J connectivity index is 1.67. The number of carbonyl (C=O) groups is 2. The SMILES string of the molecule is CCC(CC)C(=O)NCC(C)CNC(=O)CCc1cc2ccccc2o1. The maximum Gasteiger partial charge on any atom is 0.223 e. The largest absolute Gasteiger partial charge is 0.461 e. The van der Waals surface area contributed by atoms with Gasteiger partial charge in [-0.05, 0) is 30.9 Å². The third-order valence-electron chi connectivity index (χ3n) is 4.70. The normalized spacial score (nSPS) is 12.3. The molecule has 2 rings (SSSR count). The minimum Gasteiger partial charge on any atom is -0.461 e. The van der Waals surface area contributed by atoms with Gasteiger partial charge in [0.1, 0.15) is 11.3 Å². The third-order valence-corrected chi connectivity index (χ3v) is 4.70.